The number of nitrogens with zero attached hydrogens (tertiary/aromatic N) is 1. The van der Waals surface area contributed by atoms with E-state index < -0.39 is 24.2 Å². The summed E-state index contributed by atoms with van der Waals surface area (Å²) in [4.78, 5) is 39.6. The molecule has 3 N–H and O–H groups in total. The monoisotopic (exact) mass is 664 g/mol. The minimum absolute atomic E-state index is 0.0627. The van der Waals surface area contributed by atoms with Gasteiger partial charge in [0.25, 0.3) is 0 Å². The molecule has 2 amide bonds. The lowest BCUT2D eigenvalue weighted by molar-refractivity contribution is -0.140. The maximum atomic E-state index is 13.6. The van der Waals surface area contributed by atoms with Crippen LogP contribution in [0, 0.1) is 16.4 Å². The molecule has 1 aliphatic rings. The van der Waals surface area contributed by atoms with Gasteiger partial charge in [0.05, 0.1) is 23.3 Å². The first-order valence-electron chi connectivity index (χ1n) is 13.2. The fourth-order valence-electron chi connectivity index (χ4n) is 4.58. The maximum Gasteiger partial charge on any atom is 0.247 e. The molecule has 3 rings (SSSR count). The third kappa shape index (κ3) is 8.05. The van der Waals surface area contributed by atoms with Crippen LogP contribution >= 0.6 is 22.6 Å². The van der Waals surface area contributed by atoms with E-state index in [0.717, 1.165) is 11.1 Å². The molecule has 1 aliphatic carbocycles. The minimum Gasteiger partial charge on any atom is -0.493 e. The Bertz CT molecular complexity index is 1230. The number of benzene rings is 2. The largest absolute Gasteiger partial charge is 0.493 e. The molecule has 0 aliphatic heterocycles. The van der Waals surface area contributed by atoms with Gasteiger partial charge in [-0.3, -0.25) is 14.4 Å². The highest BCUT2D eigenvalue weighted by molar-refractivity contribution is 14.1. The predicted molar refractivity (Wildman–Crippen MR) is 159 cm³/mol. The number of aryl methyl sites for hydroxylation is 1. The number of amides is 2. The molecule has 0 fully saturated rings. The van der Waals surface area contributed by atoms with Crippen LogP contribution in [0.5, 0.6) is 11.5 Å². The van der Waals surface area contributed by atoms with Crippen molar-refractivity contribution < 1.29 is 34.1 Å². The molecule has 0 bridgehead atoms. The Morgan fingerprint density at radius 1 is 1.23 bits per heavy atom. The van der Waals surface area contributed by atoms with E-state index in [1.807, 2.05) is 67.6 Å². The third-order valence-corrected chi connectivity index (χ3v) is 7.43. The van der Waals surface area contributed by atoms with Crippen LogP contribution in [0.2, 0.25) is 0 Å². The lowest BCUT2D eigenvalue weighted by Crippen LogP contribution is -2.55. The van der Waals surface area contributed by atoms with Crippen LogP contribution in [-0.2, 0) is 16.1 Å². The highest BCUT2D eigenvalue weighted by Crippen LogP contribution is 2.37. The Kier molecular flexibility index (Phi) is 11.5. The van der Waals surface area contributed by atoms with E-state index in [1.165, 1.54) is 13.2 Å². The molecule has 3 unspecified atom stereocenters. The van der Waals surface area contributed by atoms with E-state index in [-0.39, 0.29) is 44.4 Å². The Labute approximate surface area is 248 Å². The number of hydrogen-bond acceptors (Lipinski definition) is 7. The van der Waals surface area contributed by atoms with Gasteiger partial charge in [0.15, 0.2) is 11.5 Å². The van der Waals surface area contributed by atoms with Gasteiger partial charge >= 0.3 is 0 Å². The Balaban J connectivity index is 2.04. The van der Waals surface area contributed by atoms with Gasteiger partial charge in [0.2, 0.25) is 11.8 Å². The normalized spacial score (nSPS) is 18.6. The Hall–Kier alpha value is -2.96. The number of aliphatic hydroxyl groups excluding tert-OH is 2. The van der Waals surface area contributed by atoms with E-state index in [1.54, 1.807) is 17.0 Å². The second kappa shape index (κ2) is 14.6. The molecule has 0 saturated heterocycles. The summed E-state index contributed by atoms with van der Waals surface area (Å²) in [5.74, 6) is 0.145. The van der Waals surface area contributed by atoms with E-state index >= 15 is 0 Å². The van der Waals surface area contributed by atoms with Crippen LogP contribution in [-0.4, -0.2) is 71.7 Å². The van der Waals surface area contributed by atoms with Crippen molar-refractivity contribution in [3.05, 3.63) is 68.3 Å². The molecule has 2 aromatic rings. The van der Waals surface area contributed by atoms with Crippen LogP contribution < -0.4 is 14.8 Å². The SMILES string of the molecule is COc1cc(C=O)cc(I)c1OC1C=C(C(=O)NCCO)CC(N(Cc2ccc(C)cc2)C(=O)CC(C)C)C1O. The first-order valence-corrected chi connectivity index (χ1v) is 14.3. The maximum absolute atomic E-state index is 13.6. The van der Waals surface area contributed by atoms with Crippen molar-refractivity contribution in [2.75, 3.05) is 20.3 Å². The zero-order chi connectivity index (χ0) is 29.4. The number of aliphatic hydroxyl groups is 2. The zero-order valence-electron chi connectivity index (χ0n) is 23.2. The van der Waals surface area contributed by atoms with Gasteiger partial charge in [-0.2, -0.15) is 0 Å². The van der Waals surface area contributed by atoms with Gasteiger partial charge in [-0.15, -0.1) is 0 Å². The summed E-state index contributed by atoms with van der Waals surface area (Å²) >= 11 is 2.02. The van der Waals surface area contributed by atoms with Gasteiger partial charge < -0.3 is 29.9 Å². The number of nitrogens with one attached hydrogen (secondary N) is 1. The van der Waals surface area contributed by atoms with Gasteiger partial charge in [-0.05, 0) is 59.2 Å². The molecule has 3 atom stereocenters. The summed E-state index contributed by atoms with van der Waals surface area (Å²) in [6.07, 6.45) is 0.440. The summed E-state index contributed by atoms with van der Waals surface area (Å²) < 4.78 is 12.3. The number of carbonyl (C=O) groups is 3. The number of ether oxygens (including phenoxy) is 2. The highest BCUT2D eigenvalue weighted by Gasteiger charge is 2.41. The van der Waals surface area contributed by atoms with Crippen molar-refractivity contribution in [1.82, 2.24) is 10.2 Å². The number of carbonyl (C=O) groups excluding carboxylic acids is 3. The highest BCUT2D eigenvalue weighted by atomic mass is 127. The summed E-state index contributed by atoms with van der Waals surface area (Å²) in [6, 6.07) is 10.2. The van der Waals surface area contributed by atoms with E-state index in [2.05, 4.69) is 5.32 Å². The lowest BCUT2D eigenvalue weighted by Gasteiger charge is -2.41. The fourth-order valence-corrected chi connectivity index (χ4v) is 5.34. The van der Waals surface area contributed by atoms with Crippen LogP contribution in [0.25, 0.3) is 0 Å². The quantitative estimate of drug-likeness (QED) is 0.235. The Morgan fingerprint density at radius 2 is 1.93 bits per heavy atom. The molecule has 0 aromatic heterocycles. The van der Waals surface area contributed by atoms with E-state index in [9.17, 15) is 24.6 Å². The van der Waals surface area contributed by atoms with Crippen molar-refractivity contribution in [2.24, 2.45) is 5.92 Å². The Morgan fingerprint density at radius 3 is 2.52 bits per heavy atom. The molecule has 10 heteroatoms. The first-order chi connectivity index (χ1) is 19.1. The van der Waals surface area contributed by atoms with Crippen LogP contribution in [0.15, 0.2) is 48.0 Å². The van der Waals surface area contributed by atoms with Crippen molar-refractivity contribution in [1.29, 1.82) is 0 Å². The molecule has 9 nitrogen and oxygen atoms in total. The van der Waals surface area contributed by atoms with Crippen molar-refractivity contribution >= 4 is 40.7 Å². The second-order valence-corrected chi connectivity index (χ2v) is 11.4. The second-order valence-electron chi connectivity index (χ2n) is 10.3. The minimum atomic E-state index is -1.18. The van der Waals surface area contributed by atoms with Gasteiger partial charge in [-0.25, -0.2) is 0 Å². The van der Waals surface area contributed by atoms with Crippen LogP contribution in [0.1, 0.15) is 48.2 Å². The molecule has 40 heavy (non-hydrogen) atoms. The van der Waals surface area contributed by atoms with Crippen molar-refractivity contribution in [2.45, 2.75) is 58.4 Å². The molecular formula is C30H37IN2O7. The summed E-state index contributed by atoms with van der Waals surface area (Å²) in [6.45, 7) is 5.98. The molecule has 0 saturated carbocycles. The summed E-state index contributed by atoms with van der Waals surface area (Å²) in [7, 11) is 1.45. The van der Waals surface area contributed by atoms with Gasteiger partial charge in [-0.1, -0.05) is 43.7 Å². The molecule has 0 radical (unpaired) electrons. The smallest absolute Gasteiger partial charge is 0.247 e. The molecule has 216 valence electrons. The number of hydrogen-bond donors (Lipinski definition) is 3. The average molecular weight is 665 g/mol. The average Bonchev–Trinajstić information content (AvgIpc) is 2.92. The standard InChI is InChI=1S/C30H37IN2O7/c1-18(2)11-27(36)33(16-20-7-5-19(3)6-8-20)24-14-22(30(38)32-9-10-34)15-25(28(24)37)40-29-23(31)12-21(17-35)13-26(29)39-4/h5-8,12-13,15,17-18,24-25,28,34,37H,9-11,14,16H2,1-4H3,(H,32,38). The lowest BCUT2D eigenvalue weighted by atomic mass is 9.87. The topological polar surface area (TPSA) is 125 Å². The number of rotatable bonds is 12. The van der Waals surface area contributed by atoms with Crippen LogP contribution in [0.3, 0.4) is 0 Å². The van der Waals surface area contributed by atoms with Crippen molar-refractivity contribution in [3.63, 3.8) is 0 Å². The predicted octanol–water partition coefficient (Wildman–Crippen LogP) is 3.41. The van der Waals surface area contributed by atoms with Gasteiger partial charge in [0.1, 0.15) is 18.5 Å². The molecule has 0 heterocycles. The number of halogens is 1. The molecule has 2 aromatic carbocycles. The van der Waals surface area contributed by atoms with E-state index in [0.29, 0.717) is 32.5 Å². The molecule has 0 spiro atoms. The fraction of sp³-hybridized carbons (Fsp3) is 0.433. The molecular weight excluding hydrogens is 627 g/mol. The number of aldehydes is 1. The first kappa shape index (κ1) is 31.6. The summed E-state index contributed by atoms with van der Waals surface area (Å²) in [5.41, 5.74) is 2.72. The van der Waals surface area contributed by atoms with Crippen molar-refractivity contribution in [3.8, 4) is 11.5 Å². The summed E-state index contributed by atoms with van der Waals surface area (Å²) in [5, 5.41) is 23.5. The van der Waals surface area contributed by atoms with Crippen LogP contribution in [0.4, 0.5) is 0 Å². The number of methoxy groups -OCH3 is 1. The van der Waals surface area contributed by atoms with E-state index in [4.69, 9.17) is 9.47 Å². The third-order valence-electron chi connectivity index (χ3n) is 6.63. The van der Waals surface area contributed by atoms with Gasteiger partial charge in [0, 0.05) is 37.1 Å². The zero-order valence-corrected chi connectivity index (χ0v) is 25.4.